The first-order valence-corrected chi connectivity index (χ1v) is 9.34. The van der Waals surface area contributed by atoms with Crippen LogP contribution >= 0.6 is 11.6 Å². The van der Waals surface area contributed by atoms with E-state index in [1.807, 2.05) is 30.3 Å². The molecule has 5 rings (SSSR count). The maximum atomic E-state index is 13.2. The van der Waals surface area contributed by atoms with Crippen LogP contribution in [0.25, 0.3) is 40.0 Å². The van der Waals surface area contributed by atoms with E-state index in [9.17, 15) is 4.79 Å². The number of nitrogens with zero attached hydrogens (tertiary/aromatic N) is 4. The second-order valence-corrected chi connectivity index (χ2v) is 7.07. The molecule has 0 saturated heterocycles. The van der Waals surface area contributed by atoms with Gasteiger partial charge in [-0.25, -0.2) is 9.97 Å². The Morgan fingerprint density at radius 2 is 1.86 bits per heavy atom. The molecule has 0 N–H and O–H groups in total. The SMILES string of the molecule is Cn1cnc2c(=O)n(-c3ccc(Cl)cc3)c(/C=C/c3cc4ccccc4o3)nc21. The predicted molar refractivity (Wildman–Crippen MR) is 114 cm³/mol. The second-order valence-electron chi connectivity index (χ2n) is 6.63. The number of para-hydroxylation sites is 1. The number of hydrogen-bond acceptors (Lipinski definition) is 4. The number of aryl methyl sites for hydroxylation is 1. The molecule has 3 heterocycles. The molecule has 7 heteroatoms. The van der Waals surface area contributed by atoms with Gasteiger partial charge in [0, 0.05) is 17.5 Å². The van der Waals surface area contributed by atoms with E-state index in [4.69, 9.17) is 16.0 Å². The van der Waals surface area contributed by atoms with Gasteiger partial charge in [-0.3, -0.25) is 9.36 Å². The fraction of sp³-hybridized carbons (Fsp3) is 0.0455. The van der Waals surface area contributed by atoms with E-state index < -0.39 is 0 Å². The fourth-order valence-electron chi connectivity index (χ4n) is 3.27. The van der Waals surface area contributed by atoms with Gasteiger partial charge < -0.3 is 8.98 Å². The highest BCUT2D eigenvalue weighted by molar-refractivity contribution is 6.30. The van der Waals surface area contributed by atoms with Crippen LogP contribution < -0.4 is 5.56 Å². The molecule has 0 radical (unpaired) electrons. The number of furan rings is 1. The summed E-state index contributed by atoms with van der Waals surface area (Å²) in [6, 6.07) is 16.8. The summed E-state index contributed by atoms with van der Waals surface area (Å²) in [6.07, 6.45) is 5.15. The van der Waals surface area contributed by atoms with Crippen LogP contribution in [0.3, 0.4) is 0 Å². The highest BCUT2D eigenvalue weighted by atomic mass is 35.5. The summed E-state index contributed by atoms with van der Waals surface area (Å²) in [4.78, 5) is 22.0. The lowest BCUT2D eigenvalue weighted by molar-refractivity contribution is 0.604. The van der Waals surface area contributed by atoms with Crippen molar-refractivity contribution in [3.63, 3.8) is 0 Å². The van der Waals surface area contributed by atoms with E-state index >= 15 is 0 Å². The Hall–Kier alpha value is -3.64. The van der Waals surface area contributed by atoms with Crippen LogP contribution in [0.4, 0.5) is 0 Å². The van der Waals surface area contributed by atoms with Gasteiger partial charge in [0.15, 0.2) is 11.2 Å². The summed E-state index contributed by atoms with van der Waals surface area (Å²) >= 11 is 6.01. The Labute approximate surface area is 170 Å². The molecule has 0 fully saturated rings. The average Bonchev–Trinajstić information content (AvgIpc) is 3.31. The Bertz CT molecular complexity index is 1410. The molecule has 0 spiro atoms. The summed E-state index contributed by atoms with van der Waals surface area (Å²) in [5.41, 5.74) is 2.04. The third-order valence-corrected chi connectivity index (χ3v) is 4.94. The first-order valence-electron chi connectivity index (χ1n) is 8.97. The molecule has 0 unspecified atom stereocenters. The van der Waals surface area contributed by atoms with Crippen LogP contribution in [0.5, 0.6) is 0 Å². The van der Waals surface area contributed by atoms with Crippen LogP contribution in [-0.4, -0.2) is 19.1 Å². The number of benzene rings is 2. The number of fused-ring (bicyclic) bond motifs is 2. The summed E-state index contributed by atoms with van der Waals surface area (Å²) in [5.74, 6) is 1.14. The Morgan fingerprint density at radius 3 is 2.66 bits per heavy atom. The molecule has 0 saturated carbocycles. The van der Waals surface area contributed by atoms with Gasteiger partial charge in [0.25, 0.3) is 5.56 Å². The minimum Gasteiger partial charge on any atom is -0.457 e. The number of imidazole rings is 1. The van der Waals surface area contributed by atoms with E-state index in [0.717, 1.165) is 11.0 Å². The topological polar surface area (TPSA) is 65.8 Å². The van der Waals surface area contributed by atoms with E-state index in [1.165, 1.54) is 4.57 Å². The van der Waals surface area contributed by atoms with Crippen LogP contribution in [0.15, 0.2) is 70.1 Å². The Balaban J connectivity index is 1.70. The number of rotatable bonds is 3. The number of hydrogen-bond donors (Lipinski definition) is 0. The third-order valence-electron chi connectivity index (χ3n) is 4.69. The van der Waals surface area contributed by atoms with Crippen molar-refractivity contribution >= 4 is 45.9 Å². The Kier molecular flexibility index (Phi) is 4.07. The zero-order valence-electron chi connectivity index (χ0n) is 15.4. The summed E-state index contributed by atoms with van der Waals surface area (Å²) in [5, 5.41) is 1.60. The molecular formula is C22H15ClN4O2. The lowest BCUT2D eigenvalue weighted by atomic mass is 10.2. The van der Waals surface area contributed by atoms with Gasteiger partial charge in [-0.1, -0.05) is 29.8 Å². The largest absolute Gasteiger partial charge is 0.457 e. The highest BCUT2D eigenvalue weighted by Gasteiger charge is 2.14. The van der Waals surface area contributed by atoms with Crippen LogP contribution in [0.1, 0.15) is 11.6 Å². The van der Waals surface area contributed by atoms with E-state index in [1.54, 1.807) is 54.4 Å². The molecule has 0 atom stereocenters. The lowest BCUT2D eigenvalue weighted by Crippen LogP contribution is -2.22. The fourth-order valence-corrected chi connectivity index (χ4v) is 3.39. The third kappa shape index (κ3) is 3.03. The maximum absolute atomic E-state index is 13.2. The monoisotopic (exact) mass is 402 g/mol. The van der Waals surface area contributed by atoms with Crippen LogP contribution in [0, 0.1) is 0 Å². The molecule has 0 bridgehead atoms. The van der Waals surface area contributed by atoms with Crippen molar-refractivity contribution < 1.29 is 4.42 Å². The van der Waals surface area contributed by atoms with E-state index in [-0.39, 0.29) is 5.56 Å². The summed E-state index contributed by atoms with van der Waals surface area (Å²) in [7, 11) is 1.81. The Morgan fingerprint density at radius 1 is 1.07 bits per heavy atom. The first-order chi connectivity index (χ1) is 14.1. The van der Waals surface area contributed by atoms with Crippen molar-refractivity contribution in [1.82, 2.24) is 19.1 Å². The molecule has 0 aliphatic carbocycles. The van der Waals surface area contributed by atoms with Crippen molar-refractivity contribution in [2.24, 2.45) is 7.05 Å². The van der Waals surface area contributed by atoms with Crippen molar-refractivity contribution in [3.05, 3.63) is 87.9 Å². The molecule has 0 aliphatic rings. The van der Waals surface area contributed by atoms with Gasteiger partial charge in [0.1, 0.15) is 17.2 Å². The first kappa shape index (κ1) is 17.5. The van der Waals surface area contributed by atoms with Crippen molar-refractivity contribution in [2.45, 2.75) is 0 Å². The molecule has 3 aromatic heterocycles. The molecule has 5 aromatic rings. The molecule has 2 aromatic carbocycles. The van der Waals surface area contributed by atoms with Crippen LogP contribution in [0.2, 0.25) is 5.02 Å². The normalized spacial score (nSPS) is 11.8. The average molecular weight is 403 g/mol. The number of aromatic nitrogens is 4. The van der Waals surface area contributed by atoms with Gasteiger partial charge in [-0.15, -0.1) is 0 Å². The van der Waals surface area contributed by atoms with Gasteiger partial charge in [0.2, 0.25) is 0 Å². The minimum atomic E-state index is -0.248. The quantitative estimate of drug-likeness (QED) is 0.439. The minimum absolute atomic E-state index is 0.248. The maximum Gasteiger partial charge on any atom is 0.286 e. The highest BCUT2D eigenvalue weighted by Crippen LogP contribution is 2.21. The molecular weight excluding hydrogens is 388 g/mol. The van der Waals surface area contributed by atoms with Crippen LogP contribution in [-0.2, 0) is 7.05 Å². The van der Waals surface area contributed by atoms with Gasteiger partial charge in [-0.2, -0.15) is 0 Å². The van der Waals surface area contributed by atoms with Gasteiger partial charge >= 0.3 is 0 Å². The van der Waals surface area contributed by atoms with E-state index in [2.05, 4.69) is 9.97 Å². The van der Waals surface area contributed by atoms with E-state index in [0.29, 0.717) is 33.5 Å². The number of halogens is 1. The smallest absolute Gasteiger partial charge is 0.286 e. The van der Waals surface area contributed by atoms with Gasteiger partial charge in [0.05, 0.1) is 12.0 Å². The molecule has 142 valence electrons. The molecule has 0 amide bonds. The summed E-state index contributed by atoms with van der Waals surface area (Å²) < 4.78 is 9.08. The zero-order chi connectivity index (χ0) is 20.0. The lowest BCUT2D eigenvalue weighted by Gasteiger charge is -2.10. The van der Waals surface area contributed by atoms with Gasteiger partial charge in [-0.05, 0) is 48.6 Å². The molecule has 0 aliphatic heterocycles. The zero-order valence-corrected chi connectivity index (χ0v) is 16.2. The molecule has 6 nitrogen and oxygen atoms in total. The second kappa shape index (κ2) is 6.76. The predicted octanol–water partition coefficient (Wildman–Crippen LogP) is 4.69. The van der Waals surface area contributed by atoms with Crippen molar-refractivity contribution in [1.29, 1.82) is 0 Å². The van der Waals surface area contributed by atoms with Crippen molar-refractivity contribution in [3.8, 4) is 5.69 Å². The standard InChI is InChI=1S/C22H15ClN4O2/c1-26-13-24-20-21(26)25-19(27(22(20)28)16-8-6-15(23)7-9-16)11-10-17-12-14-4-2-3-5-18(14)29-17/h2-13H,1H3/b11-10+. The summed E-state index contributed by atoms with van der Waals surface area (Å²) in [6.45, 7) is 0. The molecule has 29 heavy (non-hydrogen) atoms. The van der Waals surface area contributed by atoms with Crippen molar-refractivity contribution in [2.75, 3.05) is 0 Å².